The molecule has 2 aromatic carbocycles. The third kappa shape index (κ3) is 5.73. The maximum atomic E-state index is 12.4. The summed E-state index contributed by atoms with van der Waals surface area (Å²) in [7, 11) is 3.20. The summed E-state index contributed by atoms with van der Waals surface area (Å²) < 4.78 is 10.5. The standard InChI is InChI=1S/C23H30N2O3/c1-27-20-8-9-22(28-2)21(17-20)24-23(26)12-15-25-13-10-19(11-14-25)16-18-6-4-3-5-7-18/h3-9,17,19H,10-16H2,1-2H3,(H,24,26). The van der Waals surface area contributed by atoms with Gasteiger partial charge in [0.05, 0.1) is 19.9 Å². The summed E-state index contributed by atoms with van der Waals surface area (Å²) >= 11 is 0. The van der Waals surface area contributed by atoms with Gasteiger partial charge in [0.15, 0.2) is 0 Å². The normalized spacial score (nSPS) is 15.2. The summed E-state index contributed by atoms with van der Waals surface area (Å²) in [4.78, 5) is 14.8. The molecule has 3 rings (SSSR count). The smallest absolute Gasteiger partial charge is 0.225 e. The monoisotopic (exact) mass is 382 g/mol. The summed E-state index contributed by atoms with van der Waals surface area (Å²) in [6, 6.07) is 16.1. The number of anilines is 1. The summed E-state index contributed by atoms with van der Waals surface area (Å²) in [6.07, 6.45) is 4.02. The molecule has 1 fully saturated rings. The lowest BCUT2D eigenvalue weighted by Crippen LogP contribution is -2.36. The number of nitrogens with zero attached hydrogens (tertiary/aromatic N) is 1. The van der Waals surface area contributed by atoms with Crippen LogP contribution in [0.15, 0.2) is 48.5 Å². The number of amides is 1. The Morgan fingerprint density at radius 3 is 2.50 bits per heavy atom. The van der Waals surface area contributed by atoms with Crippen LogP contribution in [-0.2, 0) is 11.2 Å². The van der Waals surface area contributed by atoms with Crippen LogP contribution >= 0.6 is 0 Å². The molecule has 1 aliphatic rings. The maximum absolute atomic E-state index is 12.4. The summed E-state index contributed by atoms with van der Waals surface area (Å²) in [6.45, 7) is 2.91. The number of piperidine rings is 1. The van der Waals surface area contributed by atoms with Gasteiger partial charge in [-0.2, -0.15) is 0 Å². The molecule has 0 atom stereocenters. The highest BCUT2D eigenvalue weighted by atomic mass is 16.5. The molecule has 5 nitrogen and oxygen atoms in total. The van der Waals surface area contributed by atoms with Crippen LogP contribution in [-0.4, -0.2) is 44.7 Å². The highest BCUT2D eigenvalue weighted by molar-refractivity contribution is 5.92. The second-order valence-electron chi connectivity index (χ2n) is 7.34. The van der Waals surface area contributed by atoms with Gasteiger partial charge in [-0.3, -0.25) is 4.79 Å². The average molecular weight is 383 g/mol. The summed E-state index contributed by atoms with van der Waals surface area (Å²) in [5.74, 6) is 2.07. The Balaban J connectivity index is 1.42. The zero-order valence-electron chi connectivity index (χ0n) is 16.8. The predicted molar refractivity (Wildman–Crippen MR) is 112 cm³/mol. The molecule has 150 valence electrons. The minimum Gasteiger partial charge on any atom is -0.497 e. The van der Waals surface area contributed by atoms with E-state index in [-0.39, 0.29) is 5.91 Å². The van der Waals surface area contributed by atoms with E-state index in [4.69, 9.17) is 9.47 Å². The van der Waals surface area contributed by atoms with Crippen LogP contribution in [0.4, 0.5) is 5.69 Å². The molecule has 1 amide bonds. The van der Waals surface area contributed by atoms with Gasteiger partial charge in [-0.05, 0) is 56.0 Å². The topological polar surface area (TPSA) is 50.8 Å². The zero-order valence-corrected chi connectivity index (χ0v) is 16.8. The van der Waals surface area contributed by atoms with E-state index in [0.717, 1.165) is 32.0 Å². The van der Waals surface area contributed by atoms with Gasteiger partial charge in [0.2, 0.25) is 5.91 Å². The summed E-state index contributed by atoms with van der Waals surface area (Å²) in [5.41, 5.74) is 2.07. The van der Waals surface area contributed by atoms with Crippen molar-refractivity contribution >= 4 is 11.6 Å². The number of hydrogen-bond acceptors (Lipinski definition) is 4. The number of benzene rings is 2. The minimum atomic E-state index is -0.00189. The van der Waals surface area contributed by atoms with Gasteiger partial charge in [-0.15, -0.1) is 0 Å². The number of methoxy groups -OCH3 is 2. The lowest BCUT2D eigenvalue weighted by molar-refractivity contribution is -0.116. The van der Waals surface area contributed by atoms with E-state index >= 15 is 0 Å². The second-order valence-corrected chi connectivity index (χ2v) is 7.34. The van der Waals surface area contributed by atoms with E-state index in [2.05, 4.69) is 40.5 Å². The van der Waals surface area contributed by atoms with E-state index in [1.54, 1.807) is 26.4 Å². The molecule has 0 spiro atoms. The lowest BCUT2D eigenvalue weighted by Gasteiger charge is -2.31. The van der Waals surface area contributed by atoms with Crippen LogP contribution in [0.25, 0.3) is 0 Å². The van der Waals surface area contributed by atoms with Gasteiger partial charge in [0, 0.05) is 19.0 Å². The molecule has 0 aromatic heterocycles. The van der Waals surface area contributed by atoms with E-state index in [9.17, 15) is 4.79 Å². The summed E-state index contributed by atoms with van der Waals surface area (Å²) in [5, 5.41) is 2.95. The molecule has 5 heteroatoms. The van der Waals surface area contributed by atoms with Crippen molar-refractivity contribution in [3.05, 3.63) is 54.1 Å². The van der Waals surface area contributed by atoms with E-state index in [1.807, 2.05) is 6.07 Å². The molecule has 0 unspecified atom stereocenters. The first kappa shape index (κ1) is 20.2. The molecule has 0 aliphatic carbocycles. The number of carbonyl (C=O) groups excluding carboxylic acids is 1. The number of nitrogens with one attached hydrogen (secondary N) is 1. The molecular weight excluding hydrogens is 352 g/mol. The Kier molecular flexibility index (Phi) is 7.31. The van der Waals surface area contributed by atoms with E-state index in [1.165, 1.54) is 18.4 Å². The van der Waals surface area contributed by atoms with Gasteiger partial charge < -0.3 is 19.7 Å². The quantitative estimate of drug-likeness (QED) is 0.750. The Morgan fingerprint density at radius 2 is 1.82 bits per heavy atom. The van der Waals surface area contributed by atoms with Gasteiger partial charge in [0.25, 0.3) is 0 Å². The molecule has 0 bridgehead atoms. The first-order chi connectivity index (χ1) is 13.7. The molecule has 2 aromatic rings. The van der Waals surface area contributed by atoms with E-state index < -0.39 is 0 Å². The SMILES string of the molecule is COc1ccc(OC)c(NC(=O)CCN2CCC(Cc3ccccc3)CC2)c1. The Bertz CT molecular complexity index is 756. The third-order valence-corrected chi connectivity index (χ3v) is 5.41. The molecule has 1 saturated heterocycles. The van der Waals surface area contributed by atoms with Crippen LogP contribution in [0, 0.1) is 5.92 Å². The van der Waals surface area contributed by atoms with Gasteiger partial charge in [0.1, 0.15) is 11.5 Å². The first-order valence-electron chi connectivity index (χ1n) is 9.96. The van der Waals surface area contributed by atoms with Crippen LogP contribution in [0.1, 0.15) is 24.8 Å². The van der Waals surface area contributed by atoms with Gasteiger partial charge in [-0.25, -0.2) is 0 Å². The average Bonchev–Trinajstić information content (AvgIpc) is 2.74. The highest BCUT2D eigenvalue weighted by Gasteiger charge is 2.20. The minimum absolute atomic E-state index is 0.00189. The second kappa shape index (κ2) is 10.1. The number of hydrogen-bond donors (Lipinski definition) is 1. The van der Waals surface area contributed by atoms with E-state index in [0.29, 0.717) is 23.6 Å². The number of rotatable bonds is 8. The fraction of sp³-hybridized carbons (Fsp3) is 0.435. The Morgan fingerprint density at radius 1 is 1.07 bits per heavy atom. The van der Waals surface area contributed by atoms with Gasteiger partial charge >= 0.3 is 0 Å². The van der Waals surface area contributed by atoms with Crippen molar-refractivity contribution in [2.24, 2.45) is 5.92 Å². The molecule has 1 N–H and O–H groups in total. The highest BCUT2D eigenvalue weighted by Crippen LogP contribution is 2.29. The van der Waals surface area contributed by atoms with Crippen molar-refractivity contribution in [3.8, 4) is 11.5 Å². The van der Waals surface area contributed by atoms with Crippen LogP contribution < -0.4 is 14.8 Å². The van der Waals surface area contributed by atoms with Crippen molar-refractivity contribution in [2.75, 3.05) is 39.2 Å². The largest absolute Gasteiger partial charge is 0.497 e. The molecule has 28 heavy (non-hydrogen) atoms. The zero-order chi connectivity index (χ0) is 19.8. The molecule has 0 saturated carbocycles. The Labute approximate surface area is 167 Å². The number of carbonyl (C=O) groups is 1. The third-order valence-electron chi connectivity index (χ3n) is 5.41. The van der Waals surface area contributed by atoms with Crippen LogP contribution in [0.2, 0.25) is 0 Å². The number of ether oxygens (including phenoxy) is 2. The van der Waals surface area contributed by atoms with Gasteiger partial charge in [-0.1, -0.05) is 30.3 Å². The maximum Gasteiger partial charge on any atom is 0.225 e. The Hall–Kier alpha value is -2.53. The molecule has 1 heterocycles. The fourth-order valence-corrected chi connectivity index (χ4v) is 3.75. The fourth-order valence-electron chi connectivity index (χ4n) is 3.75. The predicted octanol–water partition coefficient (Wildman–Crippen LogP) is 3.99. The van der Waals surface area contributed by atoms with Crippen LogP contribution in [0.3, 0.4) is 0 Å². The molecule has 1 aliphatic heterocycles. The van der Waals surface area contributed by atoms with Crippen molar-refractivity contribution in [3.63, 3.8) is 0 Å². The lowest BCUT2D eigenvalue weighted by atomic mass is 9.90. The molecule has 0 radical (unpaired) electrons. The van der Waals surface area contributed by atoms with Crippen molar-refractivity contribution in [1.82, 2.24) is 4.90 Å². The van der Waals surface area contributed by atoms with Crippen LogP contribution in [0.5, 0.6) is 11.5 Å². The number of likely N-dealkylation sites (tertiary alicyclic amines) is 1. The molecular formula is C23H30N2O3. The van der Waals surface area contributed by atoms with Crippen molar-refractivity contribution in [1.29, 1.82) is 0 Å². The first-order valence-corrected chi connectivity index (χ1v) is 9.96. The van der Waals surface area contributed by atoms with Crippen molar-refractivity contribution in [2.45, 2.75) is 25.7 Å². The van der Waals surface area contributed by atoms with Crippen molar-refractivity contribution < 1.29 is 14.3 Å².